The number of aryl methyl sites for hydroxylation is 7. The molecule has 0 aliphatic carbocycles. The van der Waals surface area contributed by atoms with Crippen LogP contribution in [0.25, 0.3) is 27.2 Å². The predicted molar refractivity (Wildman–Crippen MR) is 250 cm³/mol. The Balaban J connectivity index is 1.03. The van der Waals surface area contributed by atoms with Crippen molar-refractivity contribution < 1.29 is 20.2 Å². The summed E-state index contributed by atoms with van der Waals surface area (Å²) in [6.07, 6.45) is 0. The predicted octanol–water partition coefficient (Wildman–Crippen LogP) is 14.6. The summed E-state index contributed by atoms with van der Waals surface area (Å²) >= 11 is 0. The minimum Gasteiger partial charge on any atom is -0.505 e. The number of anilines is 1. The molecule has 8 rings (SSSR count). The number of nitro benzene ring substituents is 1. The number of phenolic OH excluding ortho intramolecular Hbond substituents is 2. The lowest BCUT2D eigenvalue weighted by molar-refractivity contribution is -0.384. The first kappa shape index (κ1) is 42.9. The van der Waals surface area contributed by atoms with Crippen LogP contribution in [0.5, 0.6) is 17.4 Å². The number of nitrogen functional groups attached to an aromatic ring is 1. The highest BCUT2D eigenvalue weighted by Gasteiger charge is 2.20. The van der Waals surface area contributed by atoms with Gasteiger partial charge in [0.15, 0.2) is 17.2 Å². The maximum Gasteiger partial charge on any atom is 0.269 e. The van der Waals surface area contributed by atoms with Crippen molar-refractivity contribution in [3.63, 3.8) is 0 Å². The molecule has 8 aromatic rings. The molecule has 0 aliphatic rings. The van der Waals surface area contributed by atoms with Gasteiger partial charge in [0, 0.05) is 17.5 Å². The number of nitro groups is 1. The number of aromatic nitrogens is 2. The van der Waals surface area contributed by atoms with E-state index >= 15 is 0 Å². The molecule has 0 fully saturated rings. The monoisotopic (exact) mass is 866 g/mol. The summed E-state index contributed by atoms with van der Waals surface area (Å²) in [6.45, 7) is 12.7. The number of fused-ring (bicyclic) bond motifs is 2. The molecule has 7 aromatic carbocycles. The van der Waals surface area contributed by atoms with Crippen molar-refractivity contribution in [3.8, 4) is 23.1 Å². The normalized spacial score (nSPS) is 12.0. The molecule has 65 heavy (non-hydrogen) atoms. The Morgan fingerprint density at radius 3 is 1.82 bits per heavy atom. The number of aromatic hydroxyl groups is 3. The van der Waals surface area contributed by atoms with Gasteiger partial charge in [-0.25, -0.2) is 0 Å². The van der Waals surface area contributed by atoms with Gasteiger partial charge < -0.3 is 21.1 Å². The molecule has 1 heterocycles. The third-order valence-corrected chi connectivity index (χ3v) is 11.1. The van der Waals surface area contributed by atoms with Gasteiger partial charge in [-0.3, -0.25) is 10.1 Å². The van der Waals surface area contributed by atoms with E-state index in [0.29, 0.717) is 78.4 Å². The Labute approximate surface area is 371 Å². The van der Waals surface area contributed by atoms with Crippen LogP contribution in [-0.4, -0.2) is 30.0 Å². The van der Waals surface area contributed by atoms with Crippen molar-refractivity contribution in [3.05, 3.63) is 146 Å². The summed E-state index contributed by atoms with van der Waals surface area (Å²) in [7, 11) is 0. The van der Waals surface area contributed by atoms with E-state index in [4.69, 9.17) is 5.73 Å². The van der Waals surface area contributed by atoms with Gasteiger partial charge in [-0.05, 0) is 159 Å². The maximum absolute atomic E-state index is 11.5. The summed E-state index contributed by atoms with van der Waals surface area (Å²) in [6, 6.07) is 27.8. The first-order valence-corrected chi connectivity index (χ1v) is 20.3. The zero-order valence-corrected chi connectivity index (χ0v) is 36.4. The van der Waals surface area contributed by atoms with Crippen LogP contribution in [0.2, 0.25) is 0 Å². The molecule has 0 atom stereocenters. The Bertz CT molecular complexity index is 3380. The number of hydrogen-bond acceptors (Lipinski definition) is 15. The first-order valence-electron chi connectivity index (χ1n) is 20.3. The van der Waals surface area contributed by atoms with E-state index in [2.05, 4.69) is 46.0 Å². The molecule has 0 saturated carbocycles. The van der Waals surface area contributed by atoms with Gasteiger partial charge in [0.1, 0.15) is 17.1 Å². The van der Waals surface area contributed by atoms with Crippen LogP contribution in [-0.2, 0) is 0 Å². The largest absolute Gasteiger partial charge is 0.505 e. The summed E-state index contributed by atoms with van der Waals surface area (Å²) in [5.41, 5.74) is 15.4. The summed E-state index contributed by atoms with van der Waals surface area (Å²) < 4.78 is 1.41. The Morgan fingerprint density at radius 1 is 0.554 bits per heavy atom. The Morgan fingerprint density at radius 2 is 1.14 bits per heavy atom. The second kappa shape index (κ2) is 17.2. The van der Waals surface area contributed by atoms with Gasteiger partial charge in [-0.15, -0.1) is 20.5 Å². The number of nitrogens with zero attached hydrogens (tertiary/aromatic N) is 11. The van der Waals surface area contributed by atoms with E-state index in [-0.39, 0.29) is 40.1 Å². The van der Waals surface area contributed by atoms with Crippen molar-refractivity contribution in [1.29, 1.82) is 0 Å². The van der Waals surface area contributed by atoms with E-state index in [1.807, 2.05) is 70.2 Å². The Hall–Kier alpha value is -8.73. The molecule has 17 heteroatoms. The molecule has 5 N–H and O–H groups in total. The lowest BCUT2D eigenvalue weighted by Gasteiger charge is -2.14. The number of hydrogen-bond donors (Lipinski definition) is 4. The fourth-order valence-corrected chi connectivity index (χ4v) is 7.49. The quantitative estimate of drug-likeness (QED) is 0.0447. The third kappa shape index (κ3) is 8.20. The number of para-hydroxylation sites is 1. The average molecular weight is 867 g/mol. The highest BCUT2D eigenvalue weighted by atomic mass is 16.6. The van der Waals surface area contributed by atoms with Crippen molar-refractivity contribution >= 4 is 78.4 Å². The van der Waals surface area contributed by atoms with Crippen LogP contribution >= 0.6 is 0 Å². The standard InChI is InChI=1S/C48H42N12O5/c1-24-23-40(42(49)41-35(24)21-27(4)44(47(41)62)56-51-38-17-14-33(60(64)65)20-26(38)3)54-53-39-18-15-34-36(29(39)6)22-28(5)43(46(34)61)55-50-31-13-16-37(25(2)19-31)52-57-45-30(7)58-59(48(45)63)32-11-9-8-10-12-32/h8-23,61-63H,49H2,1-7H3. The maximum atomic E-state index is 11.5. The zero-order valence-electron chi connectivity index (χ0n) is 36.4. The fourth-order valence-electron chi connectivity index (χ4n) is 7.49. The second-order valence-corrected chi connectivity index (χ2v) is 15.6. The van der Waals surface area contributed by atoms with Gasteiger partial charge in [-0.1, -0.05) is 18.2 Å². The van der Waals surface area contributed by atoms with Crippen LogP contribution in [0.4, 0.5) is 56.9 Å². The van der Waals surface area contributed by atoms with Crippen molar-refractivity contribution in [2.45, 2.75) is 48.5 Å². The smallest absolute Gasteiger partial charge is 0.269 e. The summed E-state index contributed by atoms with van der Waals surface area (Å²) in [5, 5.41) is 87.0. The lowest BCUT2D eigenvalue weighted by Crippen LogP contribution is -1.94. The van der Waals surface area contributed by atoms with E-state index in [1.54, 1.807) is 57.2 Å². The number of non-ortho nitro benzene ring substituents is 1. The topological polar surface area (TPSA) is 247 Å². The highest BCUT2D eigenvalue weighted by Crippen LogP contribution is 2.47. The molecule has 0 spiro atoms. The average Bonchev–Trinajstić information content (AvgIpc) is 3.56. The summed E-state index contributed by atoms with van der Waals surface area (Å²) in [5.74, 6) is -0.339. The van der Waals surface area contributed by atoms with Gasteiger partial charge in [0.2, 0.25) is 5.88 Å². The van der Waals surface area contributed by atoms with Gasteiger partial charge >= 0.3 is 0 Å². The SMILES string of the molecule is Cc1cc([N+](=O)[O-])ccc1N=Nc1c(C)cc2c(C)cc(N=Nc3ccc4c(O)c(N=Nc5ccc(N=Nc6c(C)nn(-c7ccccc7)c6O)c(C)c5)c(C)cc4c3C)c(N)c2c1O. The molecule has 0 aliphatic heterocycles. The first-order chi connectivity index (χ1) is 31.1. The second-order valence-electron chi connectivity index (χ2n) is 15.6. The van der Waals surface area contributed by atoms with Crippen molar-refractivity contribution in [2.24, 2.45) is 40.9 Å². The van der Waals surface area contributed by atoms with Gasteiger partial charge in [0.05, 0.1) is 50.1 Å². The van der Waals surface area contributed by atoms with Crippen molar-refractivity contribution in [1.82, 2.24) is 9.78 Å². The molecule has 0 bridgehead atoms. The number of azo groups is 4. The van der Waals surface area contributed by atoms with Gasteiger partial charge in [-0.2, -0.15) is 30.2 Å². The molecular formula is C48H42N12O5. The molecule has 0 amide bonds. The number of benzene rings is 7. The number of nitrogens with two attached hydrogens (primary N) is 1. The minimum absolute atomic E-state index is 0.0411. The number of phenols is 2. The zero-order chi connectivity index (χ0) is 46.3. The van der Waals surface area contributed by atoms with Crippen LogP contribution < -0.4 is 5.73 Å². The number of rotatable bonds is 10. The van der Waals surface area contributed by atoms with Crippen LogP contribution in [0.15, 0.2) is 138 Å². The third-order valence-electron chi connectivity index (χ3n) is 11.1. The van der Waals surface area contributed by atoms with E-state index in [9.17, 15) is 25.4 Å². The van der Waals surface area contributed by atoms with Crippen LogP contribution in [0.1, 0.15) is 39.1 Å². The van der Waals surface area contributed by atoms with Crippen LogP contribution in [0, 0.1) is 58.6 Å². The fraction of sp³-hybridized carbons (Fsp3) is 0.146. The van der Waals surface area contributed by atoms with E-state index < -0.39 is 4.92 Å². The molecule has 0 radical (unpaired) electrons. The van der Waals surface area contributed by atoms with Crippen LogP contribution in [0.3, 0.4) is 0 Å². The lowest BCUT2D eigenvalue weighted by atomic mass is 9.98. The summed E-state index contributed by atoms with van der Waals surface area (Å²) in [4.78, 5) is 10.7. The molecular weight excluding hydrogens is 825 g/mol. The van der Waals surface area contributed by atoms with E-state index in [1.165, 1.54) is 22.9 Å². The molecule has 17 nitrogen and oxygen atoms in total. The van der Waals surface area contributed by atoms with E-state index in [0.717, 1.165) is 22.1 Å². The molecule has 0 saturated heterocycles. The Kier molecular flexibility index (Phi) is 11.4. The van der Waals surface area contributed by atoms with Gasteiger partial charge in [0.25, 0.3) is 5.69 Å². The highest BCUT2D eigenvalue weighted by molar-refractivity contribution is 6.07. The van der Waals surface area contributed by atoms with Crippen molar-refractivity contribution in [2.75, 3.05) is 5.73 Å². The molecule has 1 aromatic heterocycles. The molecule has 324 valence electrons. The molecule has 0 unspecified atom stereocenters. The minimum atomic E-state index is -0.480.